The normalized spacial score (nSPS) is 8.67. The van der Waals surface area contributed by atoms with Crippen LogP contribution in [0, 0.1) is 0 Å². The van der Waals surface area contributed by atoms with E-state index in [9.17, 15) is 0 Å². The molecule has 0 aromatic heterocycles. The van der Waals surface area contributed by atoms with E-state index in [1.165, 1.54) is 0 Å². The lowest BCUT2D eigenvalue weighted by Crippen LogP contribution is -2.23. The van der Waals surface area contributed by atoms with E-state index in [1.807, 2.05) is 27.7 Å². The van der Waals surface area contributed by atoms with E-state index in [2.05, 4.69) is 23.6 Å². The first-order valence-electron chi connectivity index (χ1n) is 3.46. The van der Waals surface area contributed by atoms with E-state index < -0.39 is 13.4 Å². The quantitative estimate of drug-likeness (QED) is 0.460. The number of rotatable bonds is 0. The second-order valence-electron chi connectivity index (χ2n) is 0.894. The fourth-order valence-corrected chi connectivity index (χ4v) is 0. The van der Waals surface area contributed by atoms with Gasteiger partial charge in [-0.15, -0.1) is 0 Å². The molecule has 0 heterocycles. The van der Waals surface area contributed by atoms with Crippen LogP contribution >= 0.6 is 13.4 Å². The van der Waals surface area contributed by atoms with Gasteiger partial charge in [0.25, 0.3) is 0 Å². The number of hydrogen-bond donors (Lipinski definition) is 1. The Morgan fingerprint density at radius 2 is 0.600 bits per heavy atom. The van der Waals surface area contributed by atoms with Crippen LogP contribution in [0.1, 0.15) is 27.7 Å². The summed E-state index contributed by atoms with van der Waals surface area (Å²) in [6.45, 7) is -1.11. The maximum atomic E-state index is 8.92. The molecule has 0 saturated heterocycles. The number of quaternary nitrogens is 1. The van der Waals surface area contributed by atoms with Gasteiger partial charge in [0.1, 0.15) is 0 Å². The van der Waals surface area contributed by atoms with Crippen molar-refractivity contribution in [3.8, 4) is 0 Å². The Morgan fingerprint density at radius 3 is 0.600 bits per heavy atom. The van der Waals surface area contributed by atoms with Gasteiger partial charge >= 0.3 is 0 Å². The van der Waals surface area contributed by atoms with Gasteiger partial charge in [0.05, 0.1) is 0 Å². The molecule has 100 valence electrons. The molecular weight excluding hydrogens is 284 g/mol. The minimum absolute atomic E-state index is 0. The van der Waals surface area contributed by atoms with Gasteiger partial charge < -0.3 is 48.9 Å². The summed E-state index contributed by atoms with van der Waals surface area (Å²) in [7, 11) is 0. The van der Waals surface area contributed by atoms with E-state index in [4.69, 9.17) is 29.4 Å². The third kappa shape index (κ3) is 2450. The summed E-state index contributed by atoms with van der Waals surface area (Å²) in [5, 5.41) is 0. The molecule has 4 N–H and O–H groups in total. The molecule has 0 aromatic carbocycles. The van der Waals surface area contributed by atoms with Crippen molar-refractivity contribution in [3.63, 3.8) is 0 Å². The van der Waals surface area contributed by atoms with Crippen LogP contribution in [0.3, 0.4) is 0 Å². The largest absolute Gasteiger partial charge is 0.844 e. The summed E-state index contributed by atoms with van der Waals surface area (Å²) < 4.78 is 0. The van der Waals surface area contributed by atoms with Gasteiger partial charge in [0, 0.05) is 0 Å². The fourth-order valence-electron chi connectivity index (χ4n) is 0. The molecule has 0 aromatic rings. The first kappa shape index (κ1) is 29.8. The lowest BCUT2D eigenvalue weighted by Gasteiger charge is -2.43. The zero-order valence-electron chi connectivity index (χ0n) is 9.16. The van der Waals surface area contributed by atoms with Crippen LogP contribution in [0.15, 0.2) is 0 Å². The molecule has 0 rings (SSSR count). The van der Waals surface area contributed by atoms with Crippen molar-refractivity contribution in [2.24, 2.45) is 0 Å². The molecule has 0 aliphatic heterocycles. The van der Waals surface area contributed by atoms with E-state index in [0.717, 1.165) is 0 Å². The van der Waals surface area contributed by atoms with Gasteiger partial charge in [0.2, 0.25) is 0 Å². The average Bonchev–Trinajstić information content (AvgIpc) is 1.88. The molecule has 0 aliphatic rings. The monoisotopic (exact) mass is 300 g/mol. The van der Waals surface area contributed by atoms with Crippen molar-refractivity contribution in [1.29, 1.82) is 0 Å². The lowest BCUT2D eigenvalue weighted by molar-refractivity contribution is -0.413. The summed E-state index contributed by atoms with van der Waals surface area (Å²) >= 11 is 6.54. The van der Waals surface area contributed by atoms with Gasteiger partial charge in [-0.3, -0.25) is 0 Å². The molecule has 0 bridgehead atoms. The fraction of sp³-hybridized carbons (Fsp3) is 1.00. The standard InChI is InChI=1S/2C2H6.H3N.2H3O3PS/c2*1-2;;2*1-4(2,3)5/h2*1-2H3;1H3;2*(H3,1,2,3,5)/p-5. The zero-order chi connectivity index (χ0) is 13.0. The molecule has 7 nitrogen and oxygen atoms in total. The first-order valence-corrected chi connectivity index (χ1v) is 8.57. The van der Waals surface area contributed by atoms with Crippen LogP contribution < -0.4 is 35.5 Å². The van der Waals surface area contributed by atoms with Gasteiger partial charge in [-0.2, -0.15) is 23.6 Å². The molecule has 0 fully saturated rings. The molecule has 0 spiro atoms. The maximum absolute atomic E-state index is 8.92. The lowest BCUT2D eigenvalue weighted by atomic mass is 11.0. The van der Waals surface area contributed by atoms with Crippen molar-refractivity contribution < 1.29 is 29.4 Å². The topological polar surface area (TPSA) is 175 Å². The van der Waals surface area contributed by atoms with Crippen LogP contribution in [0.4, 0.5) is 0 Å². The third-order valence-electron chi connectivity index (χ3n) is 0. The SMILES string of the molecule is CC.CC.[NH4+].[O-]P([O-])([O-])=S.[O-]P([O-])([O-])=S. The van der Waals surface area contributed by atoms with Crippen LogP contribution in [-0.4, -0.2) is 0 Å². The Balaban J connectivity index is -0.0000000318. The van der Waals surface area contributed by atoms with Crippen molar-refractivity contribution >= 4 is 37.1 Å². The summed E-state index contributed by atoms with van der Waals surface area (Å²) in [4.78, 5) is 53.5. The minimum Gasteiger partial charge on any atom is -0.844 e. The van der Waals surface area contributed by atoms with Gasteiger partial charge in [-0.25, -0.2) is 0 Å². The number of hydrogen-bond acceptors (Lipinski definition) is 8. The Kier molecular flexibility index (Phi) is 34.6. The smallest absolute Gasteiger partial charge is 0.0683 e. The van der Waals surface area contributed by atoms with Crippen LogP contribution in [0.2, 0.25) is 0 Å². The highest BCUT2D eigenvalue weighted by molar-refractivity contribution is 8.04. The second-order valence-corrected chi connectivity index (χ2v) is 5.37. The zero-order valence-corrected chi connectivity index (χ0v) is 12.6. The maximum Gasteiger partial charge on any atom is -0.0683 e. The van der Waals surface area contributed by atoms with Crippen LogP contribution in [0.5, 0.6) is 0 Å². The van der Waals surface area contributed by atoms with E-state index in [0.29, 0.717) is 0 Å². The molecule has 0 unspecified atom stereocenters. The van der Waals surface area contributed by atoms with Crippen molar-refractivity contribution in [3.05, 3.63) is 0 Å². The van der Waals surface area contributed by atoms with Gasteiger partial charge in [0.15, 0.2) is 0 Å². The van der Waals surface area contributed by atoms with Gasteiger partial charge in [-0.1, -0.05) is 27.7 Å². The summed E-state index contributed by atoms with van der Waals surface area (Å²) in [6.07, 6.45) is 0. The molecule has 0 radical (unpaired) electrons. The predicted octanol–water partition coefficient (Wildman–Crippen LogP) is -2.99. The molecule has 0 atom stereocenters. The highest BCUT2D eigenvalue weighted by atomic mass is 32.5. The molecular formula is C4H16NO6P2S2-5. The summed E-state index contributed by atoms with van der Waals surface area (Å²) in [5.41, 5.74) is 0. The van der Waals surface area contributed by atoms with Gasteiger partial charge in [-0.05, 0) is 0 Å². The highest BCUT2D eigenvalue weighted by Gasteiger charge is 1.37. The second kappa shape index (κ2) is 17.4. The Morgan fingerprint density at radius 1 is 0.600 bits per heavy atom. The molecule has 0 aliphatic carbocycles. The summed E-state index contributed by atoms with van der Waals surface area (Å²) in [6, 6.07) is 0. The van der Waals surface area contributed by atoms with E-state index >= 15 is 0 Å². The molecule has 11 heteroatoms. The van der Waals surface area contributed by atoms with Crippen molar-refractivity contribution in [2.45, 2.75) is 27.7 Å². The van der Waals surface area contributed by atoms with Crippen molar-refractivity contribution in [2.75, 3.05) is 0 Å². The Bertz CT molecular complexity index is 143. The molecule has 15 heavy (non-hydrogen) atoms. The van der Waals surface area contributed by atoms with Crippen LogP contribution in [-0.2, 0) is 23.6 Å². The molecule has 0 amide bonds. The predicted molar refractivity (Wildman–Crippen MR) is 57.3 cm³/mol. The van der Waals surface area contributed by atoms with E-state index in [-0.39, 0.29) is 6.15 Å². The average molecular weight is 300 g/mol. The minimum atomic E-state index is -4.56. The summed E-state index contributed by atoms with van der Waals surface area (Å²) in [5.74, 6) is 0. The molecule has 0 saturated carbocycles. The van der Waals surface area contributed by atoms with Crippen molar-refractivity contribution in [1.82, 2.24) is 6.15 Å². The highest BCUT2D eigenvalue weighted by Crippen LogP contribution is 2.04. The third-order valence-corrected chi connectivity index (χ3v) is 0. The Labute approximate surface area is 101 Å². The Hall–Kier alpha value is 1.02. The van der Waals surface area contributed by atoms with E-state index in [1.54, 1.807) is 0 Å². The van der Waals surface area contributed by atoms with Crippen LogP contribution in [0.25, 0.3) is 0 Å². The first-order chi connectivity index (χ1) is 6.00.